The largest absolute Gasteiger partial charge is 0.497 e. The molecule has 98 valence electrons. The van der Waals surface area contributed by atoms with Crippen LogP contribution in [0.15, 0.2) is 47.9 Å². The van der Waals surface area contributed by atoms with E-state index in [1.54, 1.807) is 24.5 Å². The maximum absolute atomic E-state index is 11.6. The number of benzene rings is 1. The van der Waals surface area contributed by atoms with Gasteiger partial charge in [-0.05, 0) is 35.2 Å². The maximum atomic E-state index is 11.6. The third-order valence-electron chi connectivity index (χ3n) is 2.57. The number of hydrogen-bond acceptors (Lipinski definition) is 3. The van der Waals surface area contributed by atoms with Crippen molar-refractivity contribution in [2.45, 2.75) is 6.54 Å². The predicted molar refractivity (Wildman–Crippen MR) is 78.2 cm³/mol. The molecule has 1 heterocycles. The average molecular weight is 273 g/mol. The SMILES string of the molecule is COc1ccc(CNC(=O)C=Cc2cccs2)cc1. The molecule has 0 unspecified atom stereocenters. The van der Waals surface area contributed by atoms with Gasteiger partial charge in [0.25, 0.3) is 0 Å². The van der Waals surface area contributed by atoms with Gasteiger partial charge in [-0.2, -0.15) is 0 Å². The van der Waals surface area contributed by atoms with Gasteiger partial charge >= 0.3 is 0 Å². The molecule has 19 heavy (non-hydrogen) atoms. The highest BCUT2D eigenvalue weighted by molar-refractivity contribution is 7.10. The van der Waals surface area contributed by atoms with Gasteiger partial charge in [0.05, 0.1) is 7.11 Å². The van der Waals surface area contributed by atoms with Crippen LogP contribution in [0.5, 0.6) is 5.75 Å². The second-order valence-corrected chi connectivity index (χ2v) is 4.89. The summed E-state index contributed by atoms with van der Waals surface area (Å²) in [5, 5.41) is 4.82. The summed E-state index contributed by atoms with van der Waals surface area (Å²) in [6, 6.07) is 11.5. The molecule has 1 N–H and O–H groups in total. The molecule has 0 spiro atoms. The monoisotopic (exact) mass is 273 g/mol. The first-order chi connectivity index (χ1) is 9.28. The van der Waals surface area contributed by atoms with Crippen LogP contribution in [0.25, 0.3) is 6.08 Å². The lowest BCUT2D eigenvalue weighted by atomic mass is 10.2. The molecule has 0 aliphatic rings. The van der Waals surface area contributed by atoms with Crippen LogP contribution in [0, 0.1) is 0 Å². The Morgan fingerprint density at radius 2 is 2.11 bits per heavy atom. The third-order valence-corrected chi connectivity index (χ3v) is 3.41. The van der Waals surface area contributed by atoms with Crippen LogP contribution in [-0.4, -0.2) is 13.0 Å². The zero-order valence-corrected chi connectivity index (χ0v) is 11.4. The summed E-state index contributed by atoms with van der Waals surface area (Å²) in [4.78, 5) is 12.7. The van der Waals surface area contributed by atoms with E-state index >= 15 is 0 Å². The number of amides is 1. The molecule has 0 fully saturated rings. The molecule has 1 aromatic carbocycles. The second-order valence-electron chi connectivity index (χ2n) is 3.91. The minimum atomic E-state index is -0.0933. The van der Waals surface area contributed by atoms with Gasteiger partial charge in [0.1, 0.15) is 5.75 Å². The van der Waals surface area contributed by atoms with E-state index in [2.05, 4.69) is 5.32 Å². The lowest BCUT2D eigenvalue weighted by Gasteiger charge is -2.04. The predicted octanol–water partition coefficient (Wildman–Crippen LogP) is 3.09. The topological polar surface area (TPSA) is 38.3 Å². The van der Waals surface area contributed by atoms with Crippen LogP contribution in [-0.2, 0) is 11.3 Å². The Labute approximate surface area is 116 Å². The molecule has 0 aliphatic heterocycles. The van der Waals surface area contributed by atoms with Crippen molar-refractivity contribution >= 4 is 23.3 Å². The van der Waals surface area contributed by atoms with E-state index in [9.17, 15) is 4.79 Å². The van der Waals surface area contributed by atoms with Crippen molar-refractivity contribution in [1.82, 2.24) is 5.32 Å². The summed E-state index contributed by atoms with van der Waals surface area (Å²) in [7, 11) is 1.63. The van der Waals surface area contributed by atoms with E-state index in [0.29, 0.717) is 6.54 Å². The van der Waals surface area contributed by atoms with Crippen molar-refractivity contribution in [1.29, 1.82) is 0 Å². The molecule has 0 atom stereocenters. The Balaban J connectivity index is 1.82. The molecular formula is C15H15NO2S. The zero-order valence-electron chi connectivity index (χ0n) is 10.6. The number of nitrogens with one attached hydrogen (secondary N) is 1. The molecular weight excluding hydrogens is 258 g/mol. The number of carbonyl (C=O) groups is 1. The number of thiophene rings is 1. The van der Waals surface area contributed by atoms with Crippen LogP contribution in [0.1, 0.15) is 10.4 Å². The number of carbonyl (C=O) groups excluding carboxylic acids is 1. The minimum Gasteiger partial charge on any atom is -0.497 e. The highest BCUT2D eigenvalue weighted by Crippen LogP contribution is 2.11. The van der Waals surface area contributed by atoms with Crippen LogP contribution in [0.3, 0.4) is 0 Å². The van der Waals surface area contributed by atoms with Gasteiger partial charge in [0.15, 0.2) is 0 Å². The highest BCUT2D eigenvalue weighted by atomic mass is 32.1. The Morgan fingerprint density at radius 3 is 2.74 bits per heavy atom. The van der Waals surface area contributed by atoms with Crippen LogP contribution in [0.2, 0.25) is 0 Å². The minimum absolute atomic E-state index is 0.0933. The van der Waals surface area contributed by atoms with E-state index in [4.69, 9.17) is 4.74 Å². The van der Waals surface area contributed by atoms with E-state index < -0.39 is 0 Å². The van der Waals surface area contributed by atoms with Crippen molar-refractivity contribution < 1.29 is 9.53 Å². The molecule has 0 bridgehead atoms. The van der Waals surface area contributed by atoms with Crippen LogP contribution >= 0.6 is 11.3 Å². The van der Waals surface area contributed by atoms with Gasteiger partial charge in [-0.3, -0.25) is 4.79 Å². The fraction of sp³-hybridized carbons (Fsp3) is 0.133. The van der Waals surface area contributed by atoms with Crippen LogP contribution in [0.4, 0.5) is 0 Å². The molecule has 2 rings (SSSR count). The van der Waals surface area contributed by atoms with E-state index in [1.165, 1.54) is 0 Å². The summed E-state index contributed by atoms with van der Waals surface area (Å²) in [6.45, 7) is 0.512. The van der Waals surface area contributed by atoms with Crippen molar-refractivity contribution in [3.8, 4) is 5.75 Å². The van der Waals surface area contributed by atoms with Gasteiger partial charge in [0, 0.05) is 17.5 Å². The Kier molecular flexibility index (Phi) is 4.75. The van der Waals surface area contributed by atoms with Gasteiger partial charge in [-0.15, -0.1) is 11.3 Å². The van der Waals surface area contributed by atoms with Crippen molar-refractivity contribution in [2.75, 3.05) is 7.11 Å². The average Bonchev–Trinajstić information content (AvgIpc) is 2.96. The summed E-state index contributed by atoms with van der Waals surface area (Å²) in [5.74, 6) is 0.719. The third kappa shape index (κ3) is 4.26. The Morgan fingerprint density at radius 1 is 1.32 bits per heavy atom. The lowest BCUT2D eigenvalue weighted by Crippen LogP contribution is -2.20. The standard InChI is InChI=1S/C15H15NO2S/c1-18-13-6-4-12(5-7-13)11-16-15(17)9-8-14-3-2-10-19-14/h2-10H,11H2,1H3,(H,16,17). The van der Waals surface area contributed by atoms with Gasteiger partial charge in [-0.25, -0.2) is 0 Å². The first kappa shape index (κ1) is 13.4. The maximum Gasteiger partial charge on any atom is 0.244 e. The second kappa shape index (κ2) is 6.75. The first-order valence-electron chi connectivity index (χ1n) is 5.90. The van der Waals surface area contributed by atoms with Crippen molar-refractivity contribution in [3.63, 3.8) is 0 Å². The van der Waals surface area contributed by atoms with Gasteiger partial charge in [0.2, 0.25) is 5.91 Å². The summed E-state index contributed by atoms with van der Waals surface area (Å²) in [6.07, 6.45) is 3.36. The lowest BCUT2D eigenvalue weighted by molar-refractivity contribution is -0.116. The number of ether oxygens (including phenoxy) is 1. The molecule has 1 amide bonds. The Bertz CT molecular complexity index is 544. The van der Waals surface area contributed by atoms with E-state index in [0.717, 1.165) is 16.2 Å². The van der Waals surface area contributed by atoms with Crippen molar-refractivity contribution in [2.24, 2.45) is 0 Å². The molecule has 3 nitrogen and oxygen atoms in total. The van der Waals surface area contributed by atoms with Gasteiger partial charge < -0.3 is 10.1 Å². The highest BCUT2D eigenvalue weighted by Gasteiger charge is 1.98. The van der Waals surface area contributed by atoms with Crippen LogP contribution < -0.4 is 10.1 Å². The normalized spacial score (nSPS) is 10.6. The Hall–Kier alpha value is -2.07. The molecule has 2 aromatic rings. The number of methoxy groups -OCH3 is 1. The number of rotatable bonds is 5. The quantitative estimate of drug-likeness (QED) is 0.850. The summed E-state index contributed by atoms with van der Waals surface area (Å²) >= 11 is 1.60. The summed E-state index contributed by atoms with van der Waals surface area (Å²) in [5.41, 5.74) is 1.04. The fourth-order valence-corrected chi connectivity index (χ4v) is 2.15. The summed E-state index contributed by atoms with van der Waals surface area (Å²) < 4.78 is 5.08. The zero-order chi connectivity index (χ0) is 13.5. The molecule has 4 heteroatoms. The molecule has 0 saturated carbocycles. The van der Waals surface area contributed by atoms with Crippen molar-refractivity contribution in [3.05, 3.63) is 58.3 Å². The van der Waals surface area contributed by atoms with E-state index in [1.807, 2.05) is 47.9 Å². The fourth-order valence-electron chi connectivity index (χ4n) is 1.54. The number of hydrogen-bond donors (Lipinski definition) is 1. The smallest absolute Gasteiger partial charge is 0.244 e. The van der Waals surface area contributed by atoms with Gasteiger partial charge in [-0.1, -0.05) is 18.2 Å². The molecule has 0 saturated heterocycles. The van der Waals surface area contributed by atoms with E-state index in [-0.39, 0.29) is 5.91 Å². The molecule has 0 radical (unpaired) electrons. The first-order valence-corrected chi connectivity index (χ1v) is 6.78. The molecule has 1 aromatic heterocycles. The molecule has 0 aliphatic carbocycles.